The summed E-state index contributed by atoms with van der Waals surface area (Å²) >= 11 is 0. The second kappa shape index (κ2) is 5.56. The van der Waals surface area contributed by atoms with E-state index < -0.39 is 0 Å². The van der Waals surface area contributed by atoms with Gasteiger partial charge in [-0.05, 0) is 29.0 Å². The minimum absolute atomic E-state index is 0.0196. The molecular weight excluding hydrogens is 258 g/mol. The zero-order valence-electron chi connectivity index (χ0n) is 11.3. The largest absolute Gasteiger partial charge is 0.398 e. The van der Waals surface area contributed by atoms with E-state index in [2.05, 4.69) is 15.5 Å². The van der Waals surface area contributed by atoms with Crippen molar-refractivity contribution in [1.82, 2.24) is 20.2 Å². The van der Waals surface area contributed by atoms with Gasteiger partial charge in [0.15, 0.2) is 5.82 Å². The minimum atomic E-state index is -0.0196. The Balaban J connectivity index is 1.83. The van der Waals surface area contributed by atoms with Crippen LogP contribution in [0.1, 0.15) is 5.56 Å². The third-order valence-corrected chi connectivity index (χ3v) is 3.33. The number of ether oxygens (including phenoxy) is 2. The second-order valence-electron chi connectivity index (χ2n) is 4.82. The van der Waals surface area contributed by atoms with Crippen molar-refractivity contribution < 1.29 is 9.47 Å². The molecule has 1 aromatic heterocycles. The van der Waals surface area contributed by atoms with E-state index in [1.807, 2.05) is 25.1 Å². The van der Waals surface area contributed by atoms with Crippen LogP contribution in [0.25, 0.3) is 11.4 Å². The highest BCUT2D eigenvalue weighted by Gasteiger charge is 2.18. The van der Waals surface area contributed by atoms with Crippen molar-refractivity contribution in [3.05, 3.63) is 23.8 Å². The lowest BCUT2D eigenvalue weighted by Crippen LogP contribution is -2.32. The van der Waals surface area contributed by atoms with Crippen LogP contribution in [0.4, 0.5) is 5.69 Å². The van der Waals surface area contributed by atoms with Crippen LogP contribution in [-0.4, -0.2) is 46.1 Å². The Hall–Kier alpha value is -1.99. The van der Waals surface area contributed by atoms with Crippen LogP contribution in [0.3, 0.4) is 0 Å². The fraction of sp³-hybridized carbons (Fsp3) is 0.462. The van der Waals surface area contributed by atoms with E-state index in [0.29, 0.717) is 32.2 Å². The maximum absolute atomic E-state index is 5.94. The summed E-state index contributed by atoms with van der Waals surface area (Å²) in [5.41, 5.74) is 8.61. The first-order valence-corrected chi connectivity index (χ1v) is 6.56. The number of nitrogens with two attached hydrogens (primary N) is 1. The summed E-state index contributed by atoms with van der Waals surface area (Å²) < 4.78 is 12.7. The number of tetrazole rings is 1. The van der Waals surface area contributed by atoms with E-state index >= 15 is 0 Å². The summed E-state index contributed by atoms with van der Waals surface area (Å²) in [5, 5.41) is 11.8. The van der Waals surface area contributed by atoms with E-state index in [9.17, 15) is 0 Å². The number of hydrogen-bond donors (Lipinski definition) is 1. The SMILES string of the molecule is Cc1ccc(-c2nnnn2CC2COCCO2)cc1N. The molecule has 106 valence electrons. The first-order valence-electron chi connectivity index (χ1n) is 6.56. The molecule has 7 nitrogen and oxygen atoms in total. The van der Waals surface area contributed by atoms with Gasteiger partial charge in [-0.15, -0.1) is 5.10 Å². The molecule has 3 rings (SSSR count). The third kappa shape index (κ3) is 2.63. The number of anilines is 1. The van der Waals surface area contributed by atoms with Crippen molar-refractivity contribution in [2.45, 2.75) is 19.6 Å². The van der Waals surface area contributed by atoms with Gasteiger partial charge in [0.25, 0.3) is 0 Å². The molecule has 1 atom stereocenters. The number of benzene rings is 1. The Morgan fingerprint density at radius 3 is 3.05 bits per heavy atom. The summed E-state index contributed by atoms with van der Waals surface area (Å²) in [5.74, 6) is 0.686. The van der Waals surface area contributed by atoms with Gasteiger partial charge >= 0.3 is 0 Å². The lowest BCUT2D eigenvalue weighted by molar-refractivity contribution is -0.0946. The molecule has 0 amide bonds. The zero-order valence-corrected chi connectivity index (χ0v) is 11.3. The smallest absolute Gasteiger partial charge is 0.182 e. The standard InChI is InChI=1S/C13H17N5O2/c1-9-2-3-10(6-12(9)14)13-15-16-17-18(13)7-11-8-19-4-5-20-11/h2-3,6,11H,4-5,7-8,14H2,1H3. The maximum Gasteiger partial charge on any atom is 0.182 e. The van der Waals surface area contributed by atoms with Gasteiger partial charge in [-0.1, -0.05) is 12.1 Å². The summed E-state index contributed by atoms with van der Waals surface area (Å²) in [6.45, 7) is 4.35. The molecule has 1 aliphatic rings. The highest BCUT2D eigenvalue weighted by Crippen LogP contribution is 2.21. The van der Waals surface area contributed by atoms with Crippen molar-refractivity contribution in [3.8, 4) is 11.4 Å². The van der Waals surface area contributed by atoms with Gasteiger partial charge in [0.2, 0.25) is 0 Å². The molecule has 1 aliphatic heterocycles. The highest BCUT2D eigenvalue weighted by atomic mass is 16.6. The molecule has 2 heterocycles. The maximum atomic E-state index is 5.94. The van der Waals surface area contributed by atoms with Crippen LogP contribution in [0, 0.1) is 6.92 Å². The predicted molar refractivity (Wildman–Crippen MR) is 73.0 cm³/mol. The van der Waals surface area contributed by atoms with Crippen LogP contribution >= 0.6 is 0 Å². The second-order valence-corrected chi connectivity index (χ2v) is 4.82. The molecule has 0 radical (unpaired) electrons. The van der Waals surface area contributed by atoms with Crippen LogP contribution < -0.4 is 5.73 Å². The van der Waals surface area contributed by atoms with Crippen molar-refractivity contribution in [1.29, 1.82) is 0 Å². The van der Waals surface area contributed by atoms with Gasteiger partial charge in [0, 0.05) is 11.3 Å². The van der Waals surface area contributed by atoms with Gasteiger partial charge in [0.1, 0.15) is 6.10 Å². The molecule has 7 heteroatoms. The summed E-state index contributed by atoms with van der Waals surface area (Å²) in [7, 11) is 0. The summed E-state index contributed by atoms with van der Waals surface area (Å²) in [6, 6.07) is 5.81. The molecule has 1 saturated heterocycles. The molecule has 0 saturated carbocycles. The monoisotopic (exact) mass is 275 g/mol. The van der Waals surface area contributed by atoms with Crippen molar-refractivity contribution >= 4 is 5.69 Å². The summed E-state index contributed by atoms with van der Waals surface area (Å²) in [6.07, 6.45) is -0.0196. The molecule has 2 N–H and O–H groups in total. The molecule has 20 heavy (non-hydrogen) atoms. The van der Waals surface area contributed by atoms with E-state index in [0.717, 1.165) is 16.8 Å². The van der Waals surface area contributed by atoms with E-state index in [1.54, 1.807) is 4.68 Å². The van der Waals surface area contributed by atoms with Crippen LogP contribution in [0.15, 0.2) is 18.2 Å². The molecule has 0 spiro atoms. The average Bonchev–Trinajstić information content (AvgIpc) is 2.91. The number of aromatic nitrogens is 4. The molecular formula is C13H17N5O2. The Morgan fingerprint density at radius 1 is 1.40 bits per heavy atom. The fourth-order valence-corrected chi connectivity index (χ4v) is 2.15. The van der Waals surface area contributed by atoms with Crippen molar-refractivity contribution in [3.63, 3.8) is 0 Å². The molecule has 1 aromatic carbocycles. The minimum Gasteiger partial charge on any atom is -0.398 e. The lowest BCUT2D eigenvalue weighted by Gasteiger charge is -2.22. The van der Waals surface area contributed by atoms with Gasteiger partial charge < -0.3 is 15.2 Å². The third-order valence-electron chi connectivity index (χ3n) is 3.33. The molecule has 1 fully saturated rings. The number of nitrogens with zero attached hydrogens (tertiary/aromatic N) is 4. The molecule has 2 aromatic rings. The lowest BCUT2D eigenvalue weighted by atomic mass is 10.1. The Bertz CT molecular complexity index is 592. The highest BCUT2D eigenvalue weighted by molar-refractivity contribution is 5.63. The quantitative estimate of drug-likeness (QED) is 0.827. The Kier molecular flexibility index (Phi) is 3.62. The van der Waals surface area contributed by atoms with E-state index in [1.165, 1.54) is 0 Å². The van der Waals surface area contributed by atoms with Crippen LogP contribution in [0.2, 0.25) is 0 Å². The Labute approximate surface area is 116 Å². The number of nitrogen functional groups attached to an aromatic ring is 1. The predicted octanol–water partition coefficient (Wildman–Crippen LogP) is 0.646. The average molecular weight is 275 g/mol. The Morgan fingerprint density at radius 2 is 2.30 bits per heavy atom. The summed E-state index contributed by atoms with van der Waals surface area (Å²) in [4.78, 5) is 0. The first kappa shape index (κ1) is 13.0. The van der Waals surface area contributed by atoms with Crippen LogP contribution in [0.5, 0.6) is 0 Å². The topological polar surface area (TPSA) is 88.1 Å². The zero-order chi connectivity index (χ0) is 13.9. The number of aryl methyl sites for hydroxylation is 1. The van der Waals surface area contributed by atoms with Gasteiger partial charge in [0.05, 0.1) is 26.4 Å². The van der Waals surface area contributed by atoms with Crippen molar-refractivity contribution in [2.75, 3.05) is 25.6 Å². The molecule has 0 bridgehead atoms. The van der Waals surface area contributed by atoms with Gasteiger partial charge in [-0.2, -0.15) is 0 Å². The van der Waals surface area contributed by atoms with E-state index in [-0.39, 0.29) is 6.10 Å². The van der Waals surface area contributed by atoms with Crippen molar-refractivity contribution in [2.24, 2.45) is 0 Å². The number of hydrogen-bond acceptors (Lipinski definition) is 6. The fourth-order valence-electron chi connectivity index (χ4n) is 2.15. The normalized spacial score (nSPS) is 19.1. The molecule has 0 aliphatic carbocycles. The first-order chi connectivity index (χ1) is 9.74. The molecule has 1 unspecified atom stereocenters. The van der Waals surface area contributed by atoms with Gasteiger partial charge in [-0.25, -0.2) is 4.68 Å². The van der Waals surface area contributed by atoms with Crippen LogP contribution in [-0.2, 0) is 16.0 Å². The van der Waals surface area contributed by atoms with Gasteiger partial charge in [-0.3, -0.25) is 0 Å². The van der Waals surface area contributed by atoms with E-state index in [4.69, 9.17) is 15.2 Å². The number of rotatable bonds is 3.